The highest BCUT2D eigenvalue weighted by Crippen LogP contribution is 2.09. The molecule has 1 heterocycles. The Morgan fingerprint density at radius 3 is 2.67 bits per heavy atom. The molecule has 2 N–H and O–H groups in total. The molecule has 1 saturated heterocycles. The second-order valence-corrected chi connectivity index (χ2v) is 5.28. The summed E-state index contributed by atoms with van der Waals surface area (Å²) in [6.07, 6.45) is 0. The Morgan fingerprint density at radius 2 is 2.00 bits per heavy atom. The van der Waals surface area contributed by atoms with E-state index in [0.717, 1.165) is 37.3 Å². The first-order valence-electron chi connectivity index (χ1n) is 7.04. The van der Waals surface area contributed by atoms with E-state index in [1.807, 2.05) is 24.1 Å². The molecule has 112 valence electrons. The summed E-state index contributed by atoms with van der Waals surface area (Å²) in [6.45, 7) is 5.28. The van der Waals surface area contributed by atoms with Crippen LogP contribution in [0.4, 0.5) is 0 Å². The molecular formula is C16H21N3O2. The van der Waals surface area contributed by atoms with Crippen molar-refractivity contribution in [2.75, 3.05) is 39.8 Å². The van der Waals surface area contributed by atoms with E-state index < -0.39 is 0 Å². The van der Waals surface area contributed by atoms with Crippen molar-refractivity contribution in [3.63, 3.8) is 0 Å². The number of amides is 1. The zero-order valence-corrected chi connectivity index (χ0v) is 12.5. The van der Waals surface area contributed by atoms with Gasteiger partial charge in [0, 0.05) is 37.3 Å². The van der Waals surface area contributed by atoms with Crippen LogP contribution in [-0.2, 0) is 0 Å². The second kappa shape index (κ2) is 7.23. The SMILES string of the molecule is Cc1cc(C#CCO)cc(C(=O)NN2CCN(C)CC2)c1. The number of hydrogen-bond acceptors (Lipinski definition) is 4. The number of nitrogens with one attached hydrogen (secondary N) is 1. The number of piperazine rings is 1. The lowest BCUT2D eigenvalue weighted by atomic mass is 10.1. The summed E-state index contributed by atoms with van der Waals surface area (Å²) in [4.78, 5) is 14.5. The Labute approximate surface area is 125 Å². The number of rotatable bonds is 2. The van der Waals surface area contributed by atoms with Gasteiger partial charge in [-0.05, 0) is 37.7 Å². The molecular weight excluding hydrogens is 266 g/mol. The van der Waals surface area contributed by atoms with E-state index in [2.05, 4.69) is 29.2 Å². The van der Waals surface area contributed by atoms with Gasteiger partial charge in [-0.1, -0.05) is 11.8 Å². The van der Waals surface area contributed by atoms with E-state index in [1.54, 1.807) is 6.07 Å². The number of likely N-dealkylation sites (N-methyl/N-ethyl adjacent to an activating group) is 1. The van der Waals surface area contributed by atoms with Crippen LogP contribution in [0.5, 0.6) is 0 Å². The number of hydrazine groups is 1. The van der Waals surface area contributed by atoms with E-state index in [4.69, 9.17) is 5.11 Å². The average Bonchev–Trinajstić information content (AvgIpc) is 2.47. The molecule has 1 aromatic carbocycles. The van der Waals surface area contributed by atoms with Crippen molar-refractivity contribution in [3.8, 4) is 11.8 Å². The minimum atomic E-state index is -0.184. The molecule has 1 aromatic rings. The van der Waals surface area contributed by atoms with Gasteiger partial charge < -0.3 is 10.0 Å². The summed E-state index contributed by atoms with van der Waals surface area (Å²) in [5.41, 5.74) is 5.25. The molecule has 5 heteroatoms. The Kier molecular flexibility index (Phi) is 5.34. The monoisotopic (exact) mass is 287 g/mol. The fourth-order valence-electron chi connectivity index (χ4n) is 2.25. The molecule has 1 fully saturated rings. The van der Waals surface area contributed by atoms with Gasteiger partial charge in [-0.3, -0.25) is 10.2 Å². The number of aliphatic hydroxyl groups is 1. The van der Waals surface area contributed by atoms with E-state index in [-0.39, 0.29) is 12.5 Å². The first-order chi connectivity index (χ1) is 10.1. The highest BCUT2D eigenvalue weighted by Gasteiger charge is 2.16. The van der Waals surface area contributed by atoms with Gasteiger partial charge in [0.25, 0.3) is 5.91 Å². The molecule has 21 heavy (non-hydrogen) atoms. The van der Waals surface area contributed by atoms with Gasteiger partial charge >= 0.3 is 0 Å². The van der Waals surface area contributed by atoms with Gasteiger partial charge in [-0.2, -0.15) is 0 Å². The first-order valence-corrected chi connectivity index (χ1v) is 7.04. The van der Waals surface area contributed by atoms with Crippen molar-refractivity contribution < 1.29 is 9.90 Å². The second-order valence-electron chi connectivity index (χ2n) is 5.28. The highest BCUT2D eigenvalue weighted by molar-refractivity contribution is 5.94. The van der Waals surface area contributed by atoms with Crippen molar-refractivity contribution in [1.82, 2.24) is 15.3 Å². The largest absolute Gasteiger partial charge is 0.384 e. The maximum absolute atomic E-state index is 12.3. The van der Waals surface area contributed by atoms with Gasteiger partial charge in [-0.15, -0.1) is 0 Å². The lowest BCUT2D eigenvalue weighted by Gasteiger charge is -2.32. The molecule has 1 amide bonds. The Bertz CT molecular complexity index is 567. The van der Waals surface area contributed by atoms with E-state index in [9.17, 15) is 4.79 Å². The number of nitrogens with zero attached hydrogens (tertiary/aromatic N) is 2. The number of hydrogen-bond donors (Lipinski definition) is 2. The van der Waals surface area contributed by atoms with E-state index >= 15 is 0 Å². The number of benzene rings is 1. The van der Waals surface area contributed by atoms with Crippen LogP contribution in [0.1, 0.15) is 21.5 Å². The first kappa shape index (κ1) is 15.5. The van der Waals surface area contributed by atoms with Crippen molar-refractivity contribution in [2.24, 2.45) is 0 Å². The van der Waals surface area contributed by atoms with Crippen LogP contribution in [-0.4, -0.2) is 60.8 Å². The van der Waals surface area contributed by atoms with Crippen LogP contribution in [0.2, 0.25) is 0 Å². The maximum Gasteiger partial charge on any atom is 0.265 e. The summed E-state index contributed by atoms with van der Waals surface area (Å²) >= 11 is 0. The summed E-state index contributed by atoms with van der Waals surface area (Å²) in [5.74, 6) is 5.33. The highest BCUT2D eigenvalue weighted by atomic mass is 16.2. The standard InChI is InChI=1S/C16H21N3O2/c1-13-10-14(4-3-9-20)12-15(11-13)16(21)17-19-7-5-18(2)6-8-19/h10-12,20H,5-9H2,1-2H3,(H,17,21). The fourth-order valence-corrected chi connectivity index (χ4v) is 2.25. The molecule has 1 aliphatic heterocycles. The minimum Gasteiger partial charge on any atom is -0.384 e. The molecule has 0 saturated carbocycles. The minimum absolute atomic E-state index is 0.115. The smallest absolute Gasteiger partial charge is 0.265 e. The van der Waals surface area contributed by atoms with Crippen molar-refractivity contribution in [2.45, 2.75) is 6.92 Å². The van der Waals surface area contributed by atoms with E-state index in [1.165, 1.54) is 0 Å². The number of aryl methyl sites for hydroxylation is 1. The number of aliphatic hydroxyl groups excluding tert-OH is 1. The van der Waals surface area contributed by atoms with Crippen LogP contribution in [0.3, 0.4) is 0 Å². The zero-order valence-electron chi connectivity index (χ0n) is 12.5. The van der Waals surface area contributed by atoms with Crippen molar-refractivity contribution in [3.05, 3.63) is 34.9 Å². The molecule has 5 nitrogen and oxygen atoms in total. The number of carbonyl (C=O) groups is 1. The molecule has 0 atom stereocenters. The third-order valence-corrected chi connectivity index (χ3v) is 3.41. The summed E-state index contributed by atoms with van der Waals surface area (Å²) in [5, 5.41) is 10.7. The van der Waals surface area contributed by atoms with Crippen LogP contribution < -0.4 is 5.43 Å². The maximum atomic E-state index is 12.3. The zero-order chi connectivity index (χ0) is 15.2. The summed E-state index contributed by atoms with van der Waals surface area (Å²) < 4.78 is 0. The van der Waals surface area contributed by atoms with Gasteiger partial charge in [0.1, 0.15) is 6.61 Å². The summed E-state index contributed by atoms with van der Waals surface area (Å²) in [7, 11) is 2.08. The third-order valence-electron chi connectivity index (χ3n) is 3.41. The predicted octanol–water partition coefficient (Wildman–Crippen LogP) is 0.231. The number of carbonyl (C=O) groups excluding carboxylic acids is 1. The molecule has 0 aromatic heterocycles. The van der Waals surface area contributed by atoms with Crippen LogP contribution in [0.15, 0.2) is 18.2 Å². The van der Waals surface area contributed by atoms with Crippen molar-refractivity contribution >= 4 is 5.91 Å². The topological polar surface area (TPSA) is 55.8 Å². The predicted molar refractivity (Wildman–Crippen MR) is 81.7 cm³/mol. The lowest BCUT2D eigenvalue weighted by molar-refractivity contribution is 0.0662. The third kappa shape index (κ3) is 4.57. The quantitative estimate of drug-likeness (QED) is 0.765. The Hall–Kier alpha value is -1.87. The Morgan fingerprint density at radius 1 is 1.29 bits per heavy atom. The Balaban J connectivity index is 2.06. The van der Waals surface area contributed by atoms with Gasteiger partial charge in [-0.25, -0.2) is 5.01 Å². The van der Waals surface area contributed by atoms with Crippen molar-refractivity contribution in [1.29, 1.82) is 0 Å². The van der Waals surface area contributed by atoms with E-state index in [0.29, 0.717) is 5.56 Å². The average molecular weight is 287 g/mol. The van der Waals surface area contributed by atoms with Gasteiger partial charge in [0.05, 0.1) is 0 Å². The van der Waals surface area contributed by atoms with Gasteiger partial charge in [0.15, 0.2) is 0 Å². The molecule has 0 unspecified atom stereocenters. The summed E-state index contributed by atoms with van der Waals surface area (Å²) in [6, 6.07) is 5.49. The molecule has 1 aliphatic rings. The lowest BCUT2D eigenvalue weighted by Crippen LogP contribution is -2.52. The van der Waals surface area contributed by atoms with Crippen LogP contribution in [0.25, 0.3) is 0 Å². The molecule has 0 bridgehead atoms. The van der Waals surface area contributed by atoms with Gasteiger partial charge in [0.2, 0.25) is 0 Å². The normalized spacial score (nSPS) is 16.1. The fraction of sp³-hybridized carbons (Fsp3) is 0.438. The molecule has 0 aliphatic carbocycles. The van der Waals surface area contributed by atoms with Crippen LogP contribution in [0, 0.1) is 18.8 Å². The molecule has 0 spiro atoms. The molecule has 0 radical (unpaired) electrons. The van der Waals surface area contributed by atoms with Crippen LogP contribution >= 0.6 is 0 Å². The molecule has 2 rings (SSSR count).